The number of aromatic nitrogens is 1. The van der Waals surface area contributed by atoms with Crippen LogP contribution < -0.4 is 9.64 Å². The second-order valence-electron chi connectivity index (χ2n) is 5.55. The molecule has 0 atom stereocenters. The number of ether oxygens (including phenoxy) is 2. The first-order valence-corrected chi connectivity index (χ1v) is 8.25. The first kappa shape index (κ1) is 19.5. The lowest BCUT2D eigenvalue weighted by Gasteiger charge is -2.11. The molecule has 1 heterocycles. The molecular formula is C19H23FN4O2. The minimum absolute atomic E-state index is 0.0898. The summed E-state index contributed by atoms with van der Waals surface area (Å²) in [6, 6.07) is 11.6. The predicted octanol–water partition coefficient (Wildman–Crippen LogP) is 2.97. The zero-order chi connectivity index (χ0) is 18.6. The molecule has 2 aromatic rings. The van der Waals surface area contributed by atoms with Crippen molar-refractivity contribution >= 4 is 18.1 Å². The van der Waals surface area contributed by atoms with Crippen molar-refractivity contribution in [1.29, 1.82) is 0 Å². The highest BCUT2D eigenvalue weighted by Gasteiger charge is 1.96. The van der Waals surface area contributed by atoms with Gasteiger partial charge in [-0.05, 0) is 23.8 Å². The Balaban J connectivity index is 1.78. The zero-order valence-electron chi connectivity index (χ0n) is 15.0. The molecule has 0 radical (unpaired) electrons. The van der Waals surface area contributed by atoms with Crippen LogP contribution in [-0.2, 0) is 4.74 Å². The second kappa shape index (κ2) is 10.9. The lowest BCUT2D eigenvalue weighted by Crippen LogP contribution is -2.08. The van der Waals surface area contributed by atoms with E-state index < -0.39 is 6.67 Å². The van der Waals surface area contributed by atoms with Crippen LogP contribution in [0, 0.1) is 0 Å². The highest BCUT2D eigenvalue weighted by atomic mass is 19.1. The van der Waals surface area contributed by atoms with Gasteiger partial charge in [0.1, 0.15) is 13.3 Å². The fourth-order valence-corrected chi connectivity index (χ4v) is 1.97. The molecule has 6 nitrogen and oxygen atoms in total. The van der Waals surface area contributed by atoms with Gasteiger partial charge in [-0.25, -0.2) is 9.37 Å². The minimum atomic E-state index is -0.490. The summed E-state index contributed by atoms with van der Waals surface area (Å²) in [5.41, 5.74) is 2.92. The average Bonchev–Trinajstić information content (AvgIpc) is 2.66. The predicted molar refractivity (Wildman–Crippen MR) is 102 cm³/mol. The van der Waals surface area contributed by atoms with E-state index in [0.717, 1.165) is 16.8 Å². The Hall–Kier alpha value is -2.80. The Morgan fingerprint density at radius 2 is 1.65 bits per heavy atom. The number of rotatable bonds is 10. The van der Waals surface area contributed by atoms with Gasteiger partial charge in [0.15, 0.2) is 0 Å². The molecule has 0 aliphatic rings. The van der Waals surface area contributed by atoms with Crippen molar-refractivity contribution in [1.82, 2.24) is 4.98 Å². The van der Waals surface area contributed by atoms with Crippen molar-refractivity contribution in [2.45, 2.75) is 0 Å². The molecule has 0 aliphatic heterocycles. The Bertz CT molecular complexity index is 700. The molecule has 0 unspecified atom stereocenters. The van der Waals surface area contributed by atoms with Gasteiger partial charge in [0.05, 0.1) is 25.6 Å². The molecular weight excluding hydrogens is 335 g/mol. The van der Waals surface area contributed by atoms with E-state index in [1.807, 2.05) is 49.3 Å². The number of benzene rings is 1. The van der Waals surface area contributed by atoms with Crippen molar-refractivity contribution < 1.29 is 13.9 Å². The van der Waals surface area contributed by atoms with Crippen molar-refractivity contribution in [2.75, 3.05) is 45.5 Å². The molecule has 0 bridgehead atoms. The Labute approximate surface area is 153 Å². The van der Waals surface area contributed by atoms with Crippen molar-refractivity contribution in [3.8, 4) is 5.88 Å². The van der Waals surface area contributed by atoms with Gasteiger partial charge in [-0.2, -0.15) is 10.2 Å². The quantitative estimate of drug-likeness (QED) is 0.372. The van der Waals surface area contributed by atoms with Gasteiger partial charge < -0.3 is 14.4 Å². The molecule has 26 heavy (non-hydrogen) atoms. The van der Waals surface area contributed by atoms with E-state index in [1.54, 1.807) is 24.7 Å². The molecule has 1 aromatic heterocycles. The maximum absolute atomic E-state index is 11.9. The maximum Gasteiger partial charge on any atom is 0.213 e. The van der Waals surface area contributed by atoms with Gasteiger partial charge in [-0.15, -0.1) is 0 Å². The number of pyridine rings is 1. The van der Waals surface area contributed by atoms with E-state index in [2.05, 4.69) is 15.2 Å². The Morgan fingerprint density at radius 3 is 2.27 bits per heavy atom. The molecule has 0 amide bonds. The van der Waals surface area contributed by atoms with Gasteiger partial charge in [-0.1, -0.05) is 12.1 Å². The van der Waals surface area contributed by atoms with E-state index >= 15 is 0 Å². The Kier molecular flexibility index (Phi) is 8.21. The second-order valence-corrected chi connectivity index (χ2v) is 5.55. The minimum Gasteiger partial charge on any atom is -0.475 e. The first-order valence-electron chi connectivity index (χ1n) is 8.25. The maximum atomic E-state index is 11.9. The zero-order valence-corrected chi connectivity index (χ0v) is 15.0. The van der Waals surface area contributed by atoms with Gasteiger partial charge in [0.25, 0.3) is 0 Å². The first-order chi connectivity index (χ1) is 12.7. The number of alkyl halides is 1. The molecule has 2 rings (SSSR count). The van der Waals surface area contributed by atoms with Crippen LogP contribution >= 0.6 is 0 Å². The van der Waals surface area contributed by atoms with Crippen LogP contribution in [-0.4, -0.2) is 58.0 Å². The summed E-state index contributed by atoms with van der Waals surface area (Å²) >= 11 is 0. The van der Waals surface area contributed by atoms with Crippen molar-refractivity contribution in [3.63, 3.8) is 0 Å². The number of hydrogen-bond acceptors (Lipinski definition) is 6. The third kappa shape index (κ3) is 6.98. The summed E-state index contributed by atoms with van der Waals surface area (Å²) in [6.45, 7) is 0.263. The highest BCUT2D eigenvalue weighted by Crippen LogP contribution is 2.11. The summed E-state index contributed by atoms with van der Waals surface area (Å²) < 4.78 is 22.2. The van der Waals surface area contributed by atoms with E-state index in [0.29, 0.717) is 19.1 Å². The smallest absolute Gasteiger partial charge is 0.213 e. The SMILES string of the molecule is CN(C)c1ccc(/C=N/N=C/c2ccc(OCCOCCF)nc2)cc1. The third-order valence-electron chi connectivity index (χ3n) is 3.35. The molecule has 0 aliphatic carbocycles. The Morgan fingerprint density at radius 1 is 0.962 bits per heavy atom. The number of anilines is 1. The summed E-state index contributed by atoms with van der Waals surface area (Å²) in [4.78, 5) is 6.20. The lowest BCUT2D eigenvalue weighted by molar-refractivity contribution is 0.0883. The molecule has 0 N–H and O–H groups in total. The van der Waals surface area contributed by atoms with E-state index in [-0.39, 0.29) is 6.61 Å². The van der Waals surface area contributed by atoms with Gasteiger partial charge >= 0.3 is 0 Å². The average molecular weight is 358 g/mol. The van der Waals surface area contributed by atoms with Gasteiger partial charge in [0.2, 0.25) is 5.88 Å². The lowest BCUT2D eigenvalue weighted by atomic mass is 10.2. The molecule has 1 aromatic carbocycles. The molecule has 0 spiro atoms. The summed E-state index contributed by atoms with van der Waals surface area (Å²) in [5, 5.41) is 8.05. The molecule has 0 fully saturated rings. The monoisotopic (exact) mass is 358 g/mol. The fourth-order valence-electron chi connectivity index (χ4n) is 1.97. The fraction of sp³-hybridized carbons (Fsp3) is 0.316. The van der Waals surface area contributed by atoms with Crippen LogP contribution in [0.25, 0.3) is 0 Å². The molecule has 0 saturated heterocycles. The number of hydrogen-bond donors (Lipinski definition) is 0. The van der Waals surface area contributed by atoms with Crippen molar-refractivity contribution in [2.24, 2.45) is 10.2 Å². The molecule has 138 valence electrons. The van der Waals surface area contributed by atoms with Crippen LogP contribution in [0.15, 0.2) is 52.8 Å². The van der Waals surface area contributed by atoms with Crippen LogP contribution in [0.2, 0.25) is 0 Å². The van der Waals surface area contributed by atoms with Crippen LogP contribution in [0.4, 0.5) is 10.1 Å². The third-order valence-corrected chi connectivity index (χ3v) is 3.35. The van der Waals surface area contributed by atoms with E-state index in [4.69, 9.17) is 9.47 Å². The summed E-state index contributed by atoms with van der Waals surface area (Å²) in [6.07, 6.45) is 4.95. The summed E-state index contributed by atoms with van der Waals surface area (Å²) in [5.74, 6) is 0.482. The topological polar surface area (TPSA) is 59.3 Å². The van der Waals surface area contributed by atoms with Crippen LogP contribution in [0.5, 0.6) is 5.88 Å². The largest absolute Gasteiger partial charge is 0.475 e. The highest BCUT2D eigenvalue weighted by molar-refractivity contribution is 5.82. The van der Waals surface area contributed by atoms with E-state index in [9.17, 15) is 4.39 Å². The van der Waals surface area contributed by atoms with Crippen LogP contribution in [0.3, 0.4) is 0 Å². The molecule has 0 saturated carbocycles. The summed E-state index contributed by atoms with van der Waals surface area (Å²) in [7, 11) is 4.00. The number of halogens is 1. The van der Waals surface area contributed by atoms with E-state index in [1.165, 1.54) is 0 Å². The van der Waals surface area contributed by atoms with Crippen LogP contribution in [0.1, 0.15) is 11.1 Å². The van der Waals surface area contributed by atoms with Crippen molar-refractivity contribution in [3.05, 3.63) is 53.7 Å². The molecule has 7 heteroatoms. The van der Waals surface area contributed by atoms with Gasteiger partial charge in [-0.3, -0.25) is 0 Å². The van der Waals surface area contributed by atoms with Gasteiger partial charge in [0, 0.05) is 37.6 Å². The standard InChI is InChI=1S/C19H23FN4O2/c1-24(2)18-6-3-16(4-7-18)14-22-23-15-17-5-8-19(21-13-17)26-12-11-25-10-9-20/h3-8,13-15H,9-12H2,1-2H3/b22-14+,23-15+. The number of nitrogens with zero attached hydrogens (tertiary/aromatic N) is 4. The normalized spacial score (nSPS) is 11.3.